The maximum atomic E-state index is 11.8. The van der Waals surface area contributed by atoms with Gasteiger partial charge in [0.2, 0.25) is 0 Å². The number of carbonyl (C=O) groups is 2. The molecule has 0 saturated heterocycles. The van der Waals surface area contributed by atoms with Crippen LogP contribution in [0, 0.1) is 0 Å². The number of rotatable bonds is 4. The summed E-state index contributed by atoms with van der Waals surface area (Å²) in [4.78, 5) is 22.7. The molecule has 1 aromatic rings. The summed E-state index contributed by atoms with van der Waals surface area (Å²) in [6.45, 7) is 0. The van der Waals surface area contributed by atoms with Gasteiger partial charge in [0.1, 0.15) is 0 Å². The number of hydrogen-bond acceptors (Lipinski definition) is 3. The van der Waals surface area contributed by atoms with Gasteiger partial charge in [0.25, 0.3) is 0 Å². The number of aliphatic carboxylic acids is 1. The molecular formula is C11H16N4O3. The van der Waals surface area contributed by atoms with Crippen molar-refractivity contribution in [2.75, 3.05) is 5.32 Å². The number of carbonyl (C=O) groups excluding carboxylic acids is 1. The maximum absolute atomic E-state index is 11.8. The fourth-order valence-electron chi connectivity index (χ4n) is 2.41. The van der Waals surface area contributed by atoms with E-state index < -0.39 is 11.5 Å². The van der Waals surface area contributed by atoms with E-state index >= 15 is 0 Å². The first-order valence-electron chi connectivity index (χ1n) is 5.89. The first kappa shape index (κ1) is 12.4. The number of amides is 2. The van der Waals surface area contributed by atoms with Crippen molar-refractivity contribution in [3.05, 3.63) is 12.4 Å². The van der Waals surface area contributed by atoms with Crippen LogP contribution in [-0.2, 0) is 4.79 Å². The molecule has 1 aliphatic rings. The van der Waals surface area contributed by atoms with Crippen LogP contribution in [-0.4, -0.2) is 32.8 Å². The van der Waals surface area contributed by atoms with Crippen LogP contribution in [0.4, 0.5) is 10.5 Å². The highest BCUT2D eigenvalue weighted by atomic mass is 16.4. The smallest absolute Gasteiger partial charge is 0.319 e. The van der Waals surface area contributed by atoms with Gasteiger partial charge < -0.3 is 15.7 Å². The highest BCUT2D eigenvalue weighted by Gasteiger charge is 2.37. The van der Waals surface area contributed by atoms with Crippen molar-refractivity contribution in [1.29, 1.82) is 0 Å². The van der Waals surface area contributed by atoms with E-state index in [9.17, 15) is 9.59 Å². The van der Waals surface area contributed by atoms with Gasteiger partial charge in [-0.1, -0.05) is 12.8 Å². The van der Waals surface area contributed by atoms with Crippen molar-refractivity contribution < 1.29 is 14.7 Å². The van der Waals surface area contributed by atoms with Crippen molar-refractivity contribution in [3.63, 3.8) is 0 Å². The number of aromatic nitrogens is 2. The van der Waals surface area contributed by atoms with Gasteiger partial charge in [0.05, 0.1) is 23.8 Å². The molecule has 0 aromatic carbocycles. The lowest BCUT2D eigenvalue weighted by Crippen LogP contribution is -2.49. The van der Waals surface area contributed by atoms with Crippen molar-refractivity contribution in [2.24, 2.45) is 0 Å². The molecule has 1 aromatic heterocycles. The summed E-state index contributed by atoms with van der Waals surface area (Å²) in [5.41, 5.74) is -0.0596. The highest BCUT2D eigenvalue weighted by Crippen LogP contribution is 2.32. The van der Waals surface area contributed by atoms with Gasteiger partial charge in [0, 0.05) is 6.20 Å². The Bertz CT molecular complexity index is 424. The molecule has 0 radical (unpaired) electrons. The lowest BCUT2D eigenvalue weighted by atomic mass is 9.93. The van der Waals surface area contributed by atoms with E-state index in [0.29, 0.717) is 18.5 Å². The number of H-pyrrole nitrogens is 1. The Morgan fingerprint density at radius 2 is 2.17 bits per heavy atom. The largest absolute Gasteiger partial charge is 0.481 e. The monoisotopic (exact) mass is 252 g/mol. The first-order valence-corrected chi connectivity index (χ1v) is 5.89. The minimum Gasteiger partial charge on any atom is -0.481 e. The normalized spacial score (nSPS) is 17.3. The fourth-order valence-corrected chi connectivity index (χ4v) is 2.41. The van der Waals surface area contributed by atoms with E-state index in [-0.39, 0.29) is 12.5 Å². The van der Waals surface area contributed by atoms with E-state index in [1.807, 2.05) is 0 Å². The van der Waals surface area contributed by atoms with Crippen LogP contribution in [0.15, 0.2) is 12.4 Å². The van der Waals surface area contributed by atoms with Crippen LogP contribution in [0.2, 0.25) is 0 Å². The summed E-state index contributed by atoms with van der Waals surface area (Å²) in [6.07, 6.45) is 6.30. The average Bonchev–Trinajstić information content (AvgIpc) is 2.89. The molecule has 0 atom stereocenters. The topological polar surface area (TPSA) is 107 Å². The van der Waals surface area contributed by atoms with Crippen molar-refractivity contribution >= 4 is 17.7 Å². The zero-order valence-corrected chi connectivity index (χ0v) is 9.90. The second-order valence-electron chi connectivity index (χ2n) is 4.62. The van der Waals surface area contributed by atoms with Crippen LogP contribution in [0.5, 0.6) is 0 Å². The second kappa shape index (κ2) is 5.07. The Balaban J connectivity index is 1.96. The molecule has 0 aliphatic heterocycles. The Morgan fingerprint density at radius 1 is 1.44 bits per heavy atom. The summed E-state index contributed by atoms with van der Waals surface area (Å²) in [7, 11) is 0. The second-order valence-corrected chi connectivity index (χ2v) is 4.62. The van der Waals surface area contributed by atoms with E-state index in [1.165, 1.54) is 6.20 Å². The van der Waals surface area contributed by atoms with Crippen LogP contribution < -0.4 is 10.6 Å². The standard InChI is InChI=1S/C11H16N4O3/c16-9(17)5-11(3-1-2-4-11)15-10(18)14-8-6-12-13-7-8/h6-7H,1-5H2,(H,12,13)(H,16,17)(H2,14,15,18). The molecule has 7 heteroatoms. The first-order chi connectivity index (χ1) is 8.60. The Hall–Kier alpha value is -2.05. The summed E-state index contributed by atoms with van der Waals surface area (Å²) >= 11 is 0. The molecule has 0 spiro atoms. The van der Waals surface area contributed by atoms with Gasteiger partial charge >= 0.3 is 12.0 Å². The van der Waals surface area contributed by atoms with Crippen molar-refractivity contribution in [1.82, 2.24) is 15.5 Å². The summed E-state index contributed by atoms with van der Waals surface area (Å²) < 4.78 is 0. The van der Waals surface area contributed by atoms with Gasteiger partial charge in [-0.15, -0.1) is 0 Å². The van der Waals surface area contributed by atoms with Crippen molar-refractivity contribution in [2.45, 2.75) is 37.6 Å². The molecule has 7 nitrogen and oxygen atoms in total. The number of aromatic amines is 1. The Labute approximate surface area is 104 Å². The van der Waals surface area contributed by atoms with Gasteiger partial charge in [0.15, 0.2) is 0 Å². The van der Waals surface area contributed by atoms with Gasteiger partial charge in [-0.05, 0) is 12.8 Å². The molecule has 2 rings (SSSR count). The van der Waals surface area contributed by atoms with Crippen LogP contribution in [0.3, 0.4) is 0 Å². The van der Waals surface area contributed by atoms with Gasteiger partial charge in [-0.3, -0.25) is 9.89 Å². The number of anilines is 1. The van der Waals surface area contributed by atoms with E-state index in [2.05, 4.69) is 20.8 Å². The lowest BCUT2D eigenvalue weighted by molar-refractivity contribution is -0.138. The van der Waals surface area contributed by atoms with E-state index in [1.54, 1.807) is 6.20 Å². The minimum absolute atomic E-state index is 0.0359. The minimum atomic E-state index is -0.888. The summed E-state index contributed by atoms with van der Waals surface area (Å²) in [5, 5.41) is 20.6. The van der Waals surface area contributed by atoms with Gasteiger partial charge in [-0.2, -0.15) is 5.10 Å². The molecular weight excluding hydrogens is 236 g/mol. The highest BCUT2D eigenvalue weighted by molar-refractivity contribution is 5.89. The Morgan fingerprint density at radius 3 is 2.72 bits per heavy atom. The number of urea groups is 1. The molecule has 4 N–H and O–H groups in total. The number of nitrogens with zero attached hydrogens (tertiary/aromatic N) is 1. The van der Waals surface area contributed by atoms with E-state index in [4.69, 9.17) is 5.11 Å². The average molecular weight is 252 g/mol. The number of carboxylic acid groups (broad SMARTS) is 1. The molecule has 98 valence electrons. The lowest BCUT2D eigenvalue weighted by Gasteiger charge is -2.28. The zero-order valence-electron chi connectivity index (χ0n) is 9.90. The molecule has 0 bridgehead atoms. The van der Waals surface area contributed by atoms with E-state index in [0.717, 1.165) is 12.8 Å². The fraction of sp³-hybridized carbons (Fsp3) is 0.545. The predicted octanol–water partition coefficient (Wildman–Crippen LogP) is 1.32. The SMILES string of the molecule is O=C(O)CC1(NC(=O)Nc2cn[nH]c2)CCCC1. The van der Waals surface area contributed by atoms with Crippen LogP contribution >= 0.6 is 0 Å². The Kier molecular flexibility index (Phi) is 3.50. The van der Waals surface area contributed by atoms with Gasteiger partial charge in [-0.25, -0.2) is 4.79 Å². The quantitative estimate of drug-likeness (QED) is 0.648. The summed E-state index contributed by atoms with van der Waals surface area (Å²) in [6, 6.07) is -0.389. The maximum Gasteiger partial charge on any atom is 0.319 e. The summed E-state index contributed by atoms with van der Waals surface area (Å²) in [5.74, 6) is -0.888. The molecule has 1 heterocycles. The third-order valence-corrected chi connectivity index (χ3v) is 3.19. The van der Waals surface area contributed by atoms with Crippen molar-refractivity contribution in [3.8, 4) is 0 Å². The third kappa shape index (κ3) is 2.99. The third-order valence-electron chi connectivity index (χ3n) is 3.19. The molecule has 1 fully saturated rings. The molecule has 18 heavy (non-hydrogen) atoms. The zero-order chi connectivity index (χ0) is 13.0. The van der Waals surface area contributed by atoms with Crippen LogP contribution in [0.1, 0.15) is 32.1 Å². The number of nitrogens with one attached hydrogen (secondary N) is 3. The number of carboxylic acids is 1. The molecule has 1 aliphatic carbocycles. The van der Waals surface area contributed by atoms with Crippen LogP contribution in [0.25, 0.3) is 0 Å². The number of hydrogen-bond donors (Lipinski definition) is 4. The predicted molar refractivity (Wildman–Crippen MR) is 64.2 cm³/mol. The molecule has 1 saturated carbocycles. The molecule has 2 amide bonds. The molecule has 0 unspecified atom stereocenters.